The topological polar surface area (TPSA) is 40.6 Å². The van der Waals surface area contributed by atoms with E-state index in [4.69, 9.17) is 0 Å². The van der Waals surface area contributed by atoms with Gasteiger partial charge in [-0.25, -0.2) is 0 Å². The largest absolute Gasteiger partial charge is 0.339 e. The molecule has 2 heterocycles. The van der Waals surface area contributed by atoms with E-state index in [-0.39, 0.29) is 17.7 Å². The summed E-state index contributed by atoms with van der Waals surface area (Å²) in [7, 11) is 0. The molecule has 0 atom stereocenters. The van der Waals surface area contributed by atoms with Crippen LogP contribution in [0.5, 0.6) is 0 Å². The molecule has 4 nitrogen and oxygen atoms in total. The fraction of sp³-hybridized carbons (Fsp3) is 0.360. The predicted octanol–water partition coefficient (Wildman–Crippen LogP) is 4.23. The van der Waals surface area contributed by atoms with E-state index in [1.807, 2.05) is 46.2 Å². The van der Waals surface area contributed by atoms with Crippen molar-refractivity contribution in [1.82, 2.24) is 4.90 Å². The Labute approximate surface area is 172 Å². The van der Waals surface area contributed by atoms with Crippen molar-refractivity contribution >= 4 is 23.6 Å². The van der Waals surface area contributed by atoms with Crippen LogP contribution in [0.4, 0.5) is 5.69 Å². The lowest BCUT2D eigenvalue weighted by atomic mass is 9.92. The Hall–Kier alpha value is -2.88. The summed E-state index contributed by atoms with van der Waals surface area (Å²) in [6.07, 6.45) is 7.03. The van der Waals surface area contributed by atoms with Gasteiger partial charge < -0.3 is 9.80 Å². The van der Waals surface area contributed by atoms with Gasteiger partial charge in [0.1, 0.15) is 0 Å². The van der Waals surface area contributed by atoms with E-state index in [9.17, 15) is 9.59 Å². The molecule has 2 aromatic carbocycles. The summed E-state index contributed by atoms with van der Waals surface area (Å²) in [4.78, 5) is 29.6. The maximum absolute atomic E-state index is 13.3. The Morgan fingerprint density at radius 3 is 2.48 bits per heavy atom. The lowest BCUT2D eigenvalue weighted by Gasteiger charge is -2.37. The number of anilines is 1. The van der Waals surface area contributed by atoms with E-state index in [0.29, 0.717) is 13.1 Å². The number of hydrogen-bond acceptors (Lipinski definition) is 2. The van der Waals surface area contributed by atoms with Gasteiger partial charge in [-0.2, -0.15) is 0 Å². The van der Waals surface area contributed by atoms with Crippen LogP contribution in [0.25, 0.3) is 6.08 Å². The van der Waals surface area contributed by atoms with E-state index < -0.39 is 0 Å². The Balaban J connectivity index is 1.37. The highest BCUT2D eigenvalue weighted by atomic mass is 16.2. The Morgan fingerprint density at radius 1 is 0.966 bits per heavy atom. The molecule has 0 aromatic heterocycles. The van der Waals surface area contributed by atoms with Gasteiger partial charge in [0.15, 0.2) is 0 Å². The van der Waals surface area contributed by atoms with E-state index in [1.165, 1.54) is 11.1 Å². The molecule has 0 radical (unpaired) electrons. The first kappa shape index (κ1) is 19.4. The minimum atomic E-state index is 0.00251. The van der Waals surface area contributed by atoms with Crippen LogP contribution in [-0.4, -0.2) is 36.3 Å². The molecular weight excluding hydrogens is 360 g/mol. The lowest BCUT2D eigenvalue weighted by Crippen LogP contribution is -2.45. The summed E-state index contributed by atoms with van der Waals surface area (Å²) in [5, 5.41) is 0. The van der Waals surface area contributed by atoms with Gasteiger partial charge >= 0.3 is 0 Å². The summed E-state index contributed by atoms with van der Waals surface area (Å²) in [6.45, 7) is 4.17. The van der Waals surface area contributed by atoms with Gasteiger partial charge in [-0.3, -0.25) is 9.59 Å². The molecule has 0 spiro atoms. The summed E-state index contributed by atoms with van der Waals surface area (Å²) in [5.74, 6) is 0.258. The maximum Gasteiger partial charge on any atom is 0.246 e. The lowest BCUT2D eigenvalue weighted by molar-refractivity contribution is -0.131. The molecule has 2 aliphatic heterocycles. The van der Waals surface area contributed by atoms with Crippen LogP contribution < -0.4 is 4.90 Å². The van der Waals surface area contributed by atoms with Gasteiger partial charge in [-0.05, 0) is 55.4 Å². The number of rotatable bonds is 3. The fourth-order valence-electron chi connectivity index (χ4n) is 4.47. The smallest absolute Gasteiger partial charge is 0.246 e. The third kappa shape index (κ3) is 4.26. The molecule has 29 heavy (non-hydrogen) atoms. The standard InChI is InChI=1S/C25H28N2O2/c1-19-7-5-10-21-11-6-16-27(24(19)21)25(29)22-14-17-26(18-15-22)23(28)13-12-20-8-3-2-4-9-20/h2-5,7-10,12-13,22H,6,11,14-18H2,1H3/b13-12+. The van der Waals surface area contributed by atoms with E-state index in [2.05, 4.69) is 25.1 Å². The maximum atomic E-state index is 13.3. The molecule has 0 N–H and O–H groups in total. The van der Waals surface area contributed by atoms with E-state index in [0.717, 1.165) is 43.5 Å². The van der Waals surface area contributed by atoms with Crippen molar-refractivity contribution in [2.75, 3.05) is 24.5 Å². The molecule has 2 aliphatic rings. The van der Waals surface area contributed by atoms with Gasteiger partial charge in [-0.15, -0.1) is 0 Å². The number of likely N-dealkylation sites (tertiary alicyclic amines) is 1. The van der Waals surface area contributed by atoms with Gasteiger partial charge in [0, 0.05) is 37.3 Å². The van der Waals surface area contributed by atoms with Crippen LogP contribution in [0, 0.1) is 12.8 Å². The van der Waals surface area contributed by atoms with Crippen molar-refractivity contribution in [3.8, 4) is 0 Å². The Kier molecular flexibility index (Phi) is 5.79. The summed E-state index contributed by atoms with van der Waals surface area (Å²) in [6, 6.07) is 16.1. The van der Waals surface area contributed by atoms with Crippen LogP contribution in [0.3, 0.4) is 0 Å². The van der Waals surface area contributed by atoms with Crippen molar-refractivity contribution in [2.24, 2.45) is 5.92 Å². The van der Waals surface area contributed by atoms with Crippen molar-refractivity contribution in [3.63, 3.8) is 0 Å². The van der Waals surface area contributed by atoms with Crippen molar-refractivity contribution in [1.29, 1.82) is 0 Å². The van der Waals surface area contributed by atoms with Crippen LogP contribution >= 0.6 is 0 Å². The average molecular weight is 389 g/mol. The SMILES string of the molecule is Cc1cccc2c1N(C(=O)C1CCN(C(=O)/C=C/c3ccccc3)CC1)CCC2. The Bertz CT molecular complexity index is 912. The second kappa shape index (κ2) is 8.64. The van der Waals surface area contributed by atoms with Crippen molar-refractivity contribution < 1.29 is 9.59 Å². The highest BCUT2D eigenvalue weighted by molar-refractivity contribution is 5.97. The molecule has 1 fully saturated rings. The zero-order valence-corrected chi connectivity index (χ0v) is 17.0. The third-order valence-corrected chi connectivity index (χ3v) is 6.06. The van der Waals surface area contributed by atoms with Gasteiger partial charge in [-0.1, -0.05) is 48.5 Å². The quantitative estimate of drug-likeness (QED) is 0.739. The number of carbonyl (C=O) groups excluding carboxylic acids is 2. The second-order valence-electron chi connectivity index (χ2n) is 8.02. The summed E-state index contributed by atoms with van der Waals surface area (Å²) in [5.41, 5.74) is 4.59. The molecule has 4 rings (SSSR count). The molecule has 0 aliphatic carbocycles. The van der Waals surface area contributed by atoms with Crippen LogP contribution in [0.15, 0.2) is 54.6 Å². The number of para-hydroxylation sites is 1. The van der Waals surface area contributed by atoms with Crippen molar-refractivity contribution in [3.05, 3.63) is 71.3 Å². The van der Waals surface area contributed by atoms with Gasteiger partial charge in [0.25, 0.3) is 0 Å². The number of amides is 2. The van der Waals surface area contributed by atoms with Crippen LogP contribution in [-0.2, 0) is 16.0 Å². The van der Waals surface area contributed by atoms with Crippen molar-refractivity contribution in [2.45, 2.75) is 32.6 Å². The third-order valence-electron chi connectivity index (χ3n) is 6.06. The minimum Gasteiger partial charge on any atom is -0.339 e. The fourth-order valence-corrected chi connectivity index (χ4v) is 4.47. The first-order chi connectivity index (χ1) is 14.1. The summed E-state index contributed by atoms with van der Waals surface area (Å²) >= 11 is 0. The first-order valence-corrected chi connectivity index (χ1v) is 10.6. The Morgan fingerprint density at radius 2 is 1.72 bits per heavy atom. The molecule has 4 heteroatoms. The minimum absolute atomic E-state index is 0.00251. The highest BCUT2D eigenvalue weighted by Gasteiger charge is 2.32. The second-order valence-corrected chi connectivity index (χ2v) is 8.02. The number of benzene rings is 2. The zero-order chi connectivity index (χ0) is 20.2. The summed E-state index contributed by atoms with van der Waals surface area (Å²) < 4.78 is 0. The number of carbonyl (C=O) groups is 2. The van der Waals surface area contributed by atoms with Gasteiger partial charge in [0.2, 0.25) is 11.8 Å². The molecule has 1 saturated heterocycles. The number of aryl methyl sites for hydroxylation is 2. The first-order valence-electron chi connectivity index (χ1n) is 10.6. The van der Waals surface area contributed by atoms with Crippen LogP contribution in [0.2, 0.25) is 0 Å². The number of fused-ring (bicyclic) bond motifs is 1. The number of hydrogen-bond donors (Lipinski definition) is 0. The number of nitrogens with zero attached hydrogens (tertiary/aromatic N) is 2. The molecule has 0 saturated carbocycles. The average Bonchev–Trinajstić information content (AvgIpc) is 2.77. The normalized spacial score (nSPS) is 17.4. The molecule has 0 unspecified atom stereocenters. The molecule has 150 valence electrons. The molecule has 0 bridgehead atoms. The predicted molar refractivity (Wildman–Crippen MR) is 117 cm³/mol. The monoisotopic (exact) mass is 388 g/mol. The molecule has 2 aromatic rings. The van der Waals surface area contributed by atoms with E-state index in [1.54, 1.807) is 6.08 Å². The molecular formula is C25H28N2O2. The van der Waals surface area contributed by atoms with Gasteiger partial charge in [0.05, 0.1) is 0 Å². The van der Waals surface area contributed by atoms with E-state index >= 15 is 0 Å². The zero-order valence-electron chi connectivity index (χ0n) is 17.0. The highest BCUT2D eigenvalue weighted by Crippen LogP contribution is 2.33. The molecule has 2 amide bonds. The van der Waals surface area contributed by atoms with Crippen LogP contribution in [0.1, 0.15) is 36.0 Å². The number of piperidine rings is 1.